The highest BCUT2D eigenvalue weighted by atomic mass is 16.5. The van der Waals surface area contributed by atoms with Gasteiger partial charge in [-0.2, -0.15) is 5.26 Å². The van der Waals surface area contributed by atoms with E-state index in [1.807, 2.05) is 11.9 Å². The SMILES string of the molecule is CNC1(C#N)CCC(C(=O)N2CCOCC2)CC1. The zero-order valence-corrected chi connectivity index (χ0v) is 10.9. The number of amides is 1. The minimum atomic E-state index is -0.415. The van der Waals surface area contributed by atoms with Crippen molar-refractivity contribution in [2.45, 2.75) is 31.2 Å². The van der Waals surface area contributed by atoms with Gasteiger partial charge in [-0.3, -0.25) is 4.79 Å². The molecule has 2 aliphatic rings. The molecule has 1 heterocycles. The van der Waals surface area contributed by atoms with Crippen LogP contribution in [0.2, 0.25) is 0 Å². The fourth-order valence-electron chi connectivity index (χ4n) is 2.82. The monoisotopic (exact) mass is 251 g/mol. The van der Waals surface area contributed by atoms with Gasteiger partial charge in [0, 0.05) is 19.0 Å². The Morgan fingerprint density at radius 3 is 2.50 bits per heavy atom. The first-order valence-corrected chi connectivity index (χ1v) is 6.67. The second kappa shape index (κ2) is 5.68. The van der Waals surface area contributed by atoms with Crippen LogP contribution in [0.4, 0.5) is 0 Å². The van der Waals surface area contributed by atoms with Gasteiger partial charge in [0.25, 0.3) is 0 Å². The Balaban J connectivity index is 1.89. The van der Waals surface area contributed by atoms with Crippen LogP contribution < -0.4 is 5.32 Å². The Kier molecular flexibility index (Phi) is 4.20. The number of rotatable bonds is 2. The summed E-state index contributed by atoms with van der Waals surface area (Å²) in [5.74, 6) is 0.346. The van der Waals surface area contributed by atoms with Gasteiger partial charge < -0.3 is 15.0 Å². The van der Waals surface area contributed by atoms with E-state index in [0.717, 1.165) is 25.7 Å². The van der Waals surface area contributed by atoms with Gasteiger partial charge in [-0.1, -0.05) is 0 Å². The quantitative estimate of drug-likeness (QED) is 0.777. The summed E-state index contributed by atoms with van der Waals surface area (Å²) in [6, 6.07) is 2.35. The van der Waals surface area contributed by atoms with Crippen LogP contribution >= 0.6 is 0 Å². The van der Waals surface area contributed by atoms with E-state index in [-0.39, 0.29) is 11.8 Å². The van der Waals surface area contributed by atoms with Gasteiger partial charge in [-0.15, -0.1) is 0 Å². The lowest BCUT2D eigenvalue weighted by molar-refractivity contribution is -0.141. The van der Waals surface area contributed by atoms with Gasteiger partial charge in [0.2, 0.25) is 5.91 Å². The Bertz CT molecular complexity index is 337. The van der Waals surface area contributed by atoms with Crippen molar-refractivity contribution in [2.24, 2.45) is 5.92 Å². The van der Waals surface area contributed by atoms with Gasteiger partial charge in [0.1, 0.15) is 5.54 Å². The predicted octanol–water partition coefficient (Wildman–Crippen LogP) is 0.517. The molecule has 2 rings (SSSR count). The number of carbonyl (C=O) groups is 1. The van der Waals surface area contributed by atoms with Gasteiger partial charge in [-0.05, 0) is 32.7 Å². The summed E-state index contributed by atoms with van der Waals surface area (Å²) >= 11 is 0. The van der Waals surface area contributed by atoms with Crippen LogP contribution in [-0.2, 0) is 9.53 Å². The number of nitrogens with one attached hydrogen (secondary N) is 1. The van der Waals surface area contributed by atoms with Gasteiger partial charge >= 0.3 is 0 Å². The zero-order chi connectivity index (χ0) is 13.0. The fraction of sp³-hybridized carbons (Fsp3) is 0.846. The second-order valence-corrected chi connectivity index (χ2v) is 5.16. The van der Waals surface area contributed by atoms with Crippen molar-refractivity contribution >= 4 is 5.91 Å². The molecule has 5 heteroatoms. The summed E-state index contributed by atoms with van der Waals surface area (Å²) in [6.45, 7) is 2.73. The van der Waals surface area contributed by atoms with E-state index in [1.54, 1.807) is 0 Å². The molecule has 0 unspecified atom stereocenters. The first-order valence-electron chi connectivity index (χ1n) is 6.67. The summed E-state index contributed by atoms with van der Waals surface area (Å²) in [5, 5.41) is 12.3. The van der Waals surface area contributed by atoms with Gasteiger partial charge in [-0.25, -0.2) is 0 Å². The highest BCUT2D eigenvalue weighted by Crippen LogP contribution is 2.32. The number of nitrogens with zero attached hydrogens (tertiary/aromatic N) is 2. The molecule has 0 bridgehead atoms. The van der Waals surface area contributed by atoms with Gasteiger partial charge in [0.05, 0.1) is 19.3 Å². The van der Waals surface area contributed by atoms with Crippen molar-refractivity contribution in [2.75, 3.05) is 33.4 Å². The standard InChI is InChI=1S/C13H21N3O2/c1-15-13(10-14)4-2-11(3-5-13)12(17)16-6-8-18-9-7-16/h11,15H,2-9H2,1H3. The maximum absolute atomic E-state index is 12.3. The number of hydrogen-bond acceptors (Lipinski definition) is 4. The average Bonchev–Trinajstić information content (AvgIpc) is 2.47. The molecule has 18 heavy (non-hydrogen) atoms. The third-order valence-corrected chi connectivity index (χ3v) is 4.20. The first kappa shape index (κ1) is 13.3. The molecule has 0 radical (unpaired) electrons. The lowest BCUT2D eigenvalue weighted by atomic mass is 9.77. The molecule has 2 fully saturated rings. The van der Waals surface area contributed by atoms with Crippen LogP contribution in [0.5, 0.6) is 0 Å². The normalized spacial score (nSPS) is 32.9. The van der Waals surface area contributed by atoms with E-state index in [2.05, 4.69) is 11.4 Å². The highest BCUT2D eigenvalue weighted by molar-refractivity contribution is 5.79. The van der Waals surface area contributed by atoms with Crippen LogP contribution in [0.3, 0.4) is 0 Å². The fourth-order valence-corrected chi connectivity index (χ4v) is 2.82. The molecule has 0 spiro atoms. The van der Waals surface area contributed by atoms with Crippen molar-refractivity contribution in [1.82, 2.24) is 10.2 Å². The van der Waals surface area contributed by atoms with E-state index >= 15 is 0 Å². The maximum Gasteiger partial charge on any atom is 0.225 e. The molecular weight excluding hydrogens is 230 g/mol. The third-order valence-electron chi connectivity index (χ3n) is 4.20. The Hall–Kier alpha value is -1.12. The van der Waals surface area contributed by atoms with Crippen LogP contribution in [0.1, 0.15) is 25.7 Å². The first-order chi connectivity index (χ1) is 8.71. The van der Waals surface area contributed by atoms with E-state index in [9.17, 15) is 10.1 Å². The van der Waals surface area contributed by atoms with E-state index in [4.69, 9.17) is 4.74 Å². The van der Waals surface area contributed by atoms with Crippen molar-refractivity contribution < 1.29 is 9.53 Å². The highest BCUT2D eigenvalue weighted by Gasteiger charge is 2.37. The molecule has 5 nitrogen and oxygen atoms in total. The van der Waals surface area contributed by atoms with Crippen molar-refractivity contribution in [1.29, 1.82) is 5.26 Å². The number of hydrogen-bond donors (Lipinski definition) is 1. The molecule has 0 aromatic heterocycles. The molecule has 1 amide bonds. The smallest absolute Gasteiger partial charge is 0.225 e. The van der Waals surface area contributed by atoms with Crippen molar-refractivity contribution in [3.05, 3.63) is 0 Å². The number of carbonyl (C=O) groups excluding carboxylic acids is 1. The largest absolute Gasteiger partial charge is 0.378 e. The topological polar surface area (TPSA) is 65.4 Å². The Morgan fingerprint density at radius 2 is 2.00 bits per heavy atom. The average molecular weight is 251 g/mol. The van der Waals surface area contributed by atoms with Crippen LogP contribution in [0.15, 0.2) is 0 Å². The minimum Gasteiger partial charge on any atom is -0.378 e. The number of ether oxygens (including phenoxy) is 1. The molecular formula is C13H21N3O2. The van der Waals surface area contributed by atoms with Gasteiger partial charge in [0.15, 0.2) is 0 Å². The van der Waals surface area contributed by atoms with Crippen LogP contribution in [-0.4, -0.2) is 49.7 Å². The molecule has 100 valence electrons. The molecule has 1 aliphatic carbocycles. The van der Waals surface area contributed by atoms with E-state index in [0.29, 0.717) is 26.3 Å². The van der Waals surface area contributed by atoms with E-state index < -0.39 is 5.54 Å². The van der Waals surface area contributed by atoms with Crippen molar-refractivity contribution in [3.8, 4) is 6.07 Å². The molecule has 1 saturated heterocycles. The number of nitriles is 1. The summed E-state index contributed by atoms with van der Waals surface area (Å²) in [4.78, 5) is 14.2. The summed E-state index contributed by atoms with van der Waals surface area (Å²) in [7, 11) is 1.83. The lowest BCUT2D eigenvalue weighted by Crippen LogP contribution is -2.49. The van der Waals surface area contributed by atoms with Crippen molar-refractivity contribution in [3.63, 3.8) is 0 Å². The zero-order valence-electron chi connectivity index (χ0n) is 10.9. The van der Waals surface area contributed by atoms with Crippen LogP contribution in [0.25, 0.3) is 0 Å². The molecule has 1 saturated carbocycles. The summed E-state index contributed by atoms with van der Waals surface area (Å²) in [5.41, 5.74) is -0.415. The van der Waals surface area contributed by atoms with Crippen LogP contribution in [0, 0.1) is 17.2 Å². The molecule has 0 atom stereocenters. The second-order valence-electron chi connectivity index (χ2n) is 5.16. The third kappa shape index (κ3) is 2.65. The van der Waals surface area contributed by atoms with E-state index in [1.165, 1.54) is 0 Å². The molecule has 1 aliphatic heterocycles. The predicted molar refractivity (Wildman–Crippen MR) is 66.8 cm³/mol. The number of morpholine rings is 1. The molecule has 0 aromatic rings. The molecule has 0 aromatic carbocycles. The minimum absolute atomic E-state index is 0.0953. The summed E-state index contributed by atoms with van der Waals surface area (Å²) < 4.78 is 5.26. The Labute approximate surface area is 108 Å². The Morgan fingerprint density at radius 1 is 1.39 bits per heavy atom. The summed E-state index contributed by atoms with van der Waals surface area (Å²) in [6.07, 6.45) is 3.15. The lowest BCUT2D eigenvalue weighted by Gasteiger charge is -2.37. The molecule has 1 N–H and O–H groups in total. The maximum atomic E-state index is 12.3.